The summed E-state index contributed by atoms with van der Waals surface area (Å²) >= 11 is 0. The molecule has 1 aliphatic heterocycles. The van der Waals surface area contributed by atoms with Crippen LogP contribution in [-0.2, 0) is 17.4 Å². The van der Waals surface area contributed by atoms with Gasteiger partial charge in [0.1, 0.15) is 6.61 Å². The average molecular weight is 629 g/mol. The number of ether oxygens (including phenoxy) is 1. The quantitative estimate of drug-likeness (QED) is 0.281. The molecule has 1 aliphatic carbocycles. The van der Waals surface area contributed by atoms with Gasteiger partial charge >= 0.3 is 0 Å². The highest BCUT2D eigenvalue weighted by molar-refractivity contribution is 6.01. The Kier molecular flexibility index (Phi) is 9.84. The minimum atomic E-state index is -0.979. The minimum Gasteiger partial charge on any atom is -0.486 e. The van der Waals surface area contributed by atoms with Crippen LogP contribution in [0, 0.1) is 5.82 Å². The van der Waals surface area contributed by atoms with Crippen molar-refractivity contribution in [2.24, 2.45) is 0 Å². The molecule has 46 heavy (non-hydrogen) atoms. The number of nitrogens with zero attached hydrogens (tertiary/aromatic N) is 1. The molecule has 2 aliphatic rings. The first-order valence-corrected chi connectivity index (χ1v) is 15.9. The molecular formula is C37H45FN4O4. The van der Waals surface area contributed by atoms with Gasteiger partial charge < -0.3 is 30.7 Å². The van der Waals surface area contributed by atoms with Crippen molar-refractivity contribution in [3.05, 3.63) is 106 Å². The topological polar surface area (TPSA) is 103 Å². The predicted molar refractivity (Wildman–Crippen MR) is 179 cm³/mol. The molecule has 1 heterocycles. The Bertz CT molecular complexity index is 1610. The fraction of sp³-hybridized carbons (Fsp3) is 0.405. The predicted octanol–water partition coefficient (Wildman–Crippen LogP) is 5.17. The Hall–Kier alpha value is -4.21. The fourth-order valence-electron chi connectivity index (χ4n) is 5.70. The van der Waals surface area contributed by atoms with Crippen molar-refractivity contribution in [2.75, 3.05) is 39.1 Å². The summed E-state index contributed by atoms with van der Waals surface area (Å²) < 4.78 is 20.3. The molecule has 0 saturated heterocycles. The van der Waals surface area contributed by atoms with Gasteiger partial charge in [0.15, 0.2) is 11.6 Å². The molecule has 0 spiro atoms. The van der Waals surface area contributed by atoms with Crippen LogP contribution in [0.1, 0.15) is 71.0 Å². The van der Waals surface area contributed by atoms with Crippen molar-refractivity contribution < 1.29 is 23.8 Å². The van der Waals surface area contributed by atoms with Crippen LogP contribution in [-0.4, -0.2) is 67.8 Å². The van der Waals surface area contributed by atoms with E-state index in [2.05, 4.69) is 61.0 Å². The number of carbonyl (C=O) groups is 2. The maximum atomic E-state index is 14.6. The lowest BCUT2D eigenvalue weighted by atomic mass is 9.85. The molecule has 4 bridgehead atoms. The number of anilines is 1. The highest BCUT2D eigenvalue weighted by Gasteiger charge is 2.44. The van der Waals surface area contributed by atoms with Crippen LogP contribution in [0.2, 0.25) is 0 Å². The molecule has 1 saturated carbocycles. The van der Waals surface area contributed by atoms with Gasteiger partial charge in [-0.25, -0.2) is 4.39 Å². The monoisotopic (exact) mass is 628 g/mol. The van der Waals surface area contributed by atoms with E-state index in [4.69, 9.17) is 4.74 Å². The molecular weight excluding hydrogens is 583 g/mol. The molecule has 2 atom stereocenters. The summed E-state index contributed by atoms with van der Waals surface area (Å²) in [7, 11) is 3.32. The summed E-state index contributed by atoms with van der Waals surface area (Å²) in [5, 5.41) is 21.5. The molecule has 1 fully saturated rings. The lowest BCUT2D eigenvalue weighted by Crippen LogP contribution is -2.50. The first-order valence-electron chi connectivity index (χ1n) is 15.9. The minimum absolute atomic E-state index is 0.0114. The summed E-state index contributed by atoms with van der Waals surface area (Å²) in [5.41, 5.74) is 4.16. The number of fused-ring (bicyclic) bond motifs is 4. The molecule has 3 aromatic carbocycles. The zero-order valence-electron chi connectivity index (χ0n) is 27.3. The largest absolute Gasteiger partial charge is 0.486 e. The van der Waals surface area contributed by atoms with E-state index in [1.807, 2.05) is 6.08 Å². The number of amides is 2. The fourth-order valence-corrected chi connectivity index (χ4v) is 5.70. The van der Waals surface area contributed by atoms with E-state index >= 15 is 0 Å². The summed E-state index contributed by atoms with van der Waals surface area (Å²) in [6.45, 7) is 7.37. The van der Waals surface area contributed by atoms with Gasteiger partial charge in [0.05, 0.1) is 12.1 Å². The molecule has 4 N–H and O–H groups in total. The normalized spacial score (nSPS) is 19.2. The number of nitrogens with one attached hydrogen (secondary N) is 3. The first kappa shape index (κ1) is 33.2. The third kappa shape index (κ3) is 7.95. The second-order valence-corrected chi connectivity index (χ2v) is 13.6. The molecule has 0 unspecified atom stereocenters. The maximum Gasteiger partial charge on any atom is 0.253 e. The number of hydrogen-bond acceptors (Lipinski definition) is 6. The summed E-state index contributed by atoms with van der Waals surface area (Å²) in [6, 6.07) is 17.4. The van der Waals surface area contributed by atoms with Crippen molar-refractivity contribution >= 4 is 17.5 Å². The van der Waals surface area contributed by atoms with E-state index < -0.39 is 23.9 Å². The van der Waals surface area contributed by atoms with Gasteiger partial charge in [0, 0.05) is 49.5 Å². The molecule has 3 aromatic rings. The van der Waals surface area contributed by atoms with Crippen LogP contribution in [0.25, 0.3) is 0 Å². The summed E-state index contributed by atoms with van der Waals surface area (Å²) in [4.78, 5) is 28.1. The number of halogens is 1. The van der Waals surface area contributed by atoms with Crippen LogP contribution < -0.4 is 20.7 Å². The number of benzene rings is 3. The number of carbonyl (C=O) groups excluding carboxylic acids is 2. The molecule has 244 valence electrons. The van der Waals surface area contributed by atoms with E-state index in [-0.39, 0.29) is 47.7 Å². The highest BCUT2D eigenvalue weighted by atomic mass is 19.1. The average Bonchev–Trinajstić information content (AvgIpc) is 3.82. The van der Waals surface area contributed by atoms with Gasteiger partial charge in [-0.15, -0.1) is 0 Å². The van der Waals surface area contributed by atoms with Crippen molar-refractivity contribution in [1.29, 1.82) is 0 Å². The maximum absolute atomic E-state index is 14.6. The molecule has 0 radical (unpaired) electrons. The Labute approximate surface area is 271 Å². The van der Waals surface area contributed by atoms with Crippen LogP contribution in [0.5, 0.6) is 5.75 Å². The molecule has 9 heteroatoms. The lowest BCUT2D eigenvalue weighted by molar-refractivity contribution is 0.0821. The Morgan fingerprint density at radius 2 is 1.89 bits per heavy atom. The van der Waals surface area contributed by atoms with E-state index in [0.717, 1.165) is 12.8 Å². The van der Waals surface area contributed by atoms with Gasteiger partial charge in [-0.05, 0) is 77.8 Å². The SMILES string of the molecule is CN(C)C(=O)c1cc2cc(c1)C(=O)N[C@H]([C@H](O)CNC1(c3cccc(C(C)(C)C)c3)CC1)Cc1ccc(F)c(c1)OC/C=C/CN2. The molecule has 8 nitrogen and oxygen atoms in total. The molecule has 0 aromatic heterocycles. The Balaban J connectivity index is 1.43. The van der Waals surface area contributed by atoms with Crippen LogP contribution >= 0.6 is 0 Å². The van der Waals surface area contributed by atoms with Crippen molar-refractivity contribution in [1.82, 2.24) is 15.5 Å². The van der Waals surface area contributed by atoms with Crippen LogP contribution in [0.3, 0.4) is 0 Å². The highest BCUT2D eigenvalue weighted by Crippen LogP contribution is 2.46. The van der Waals surface area contributed by atoms with Gasteiger partial charge in [0.2, 0.25) is 0 Å². The first-order chi connectivity index (χ1) is 21.8. The zero-order valence-corrected chi connectivity index (χ0v) is 27.3. The Morgan fingerprint density at radius 3 is 2.61 bits per heavy atom. The van der Waals surface area contributed by atoms with Crippen molar-refractivity contribution in [3.63, 3.8) is 0 Å². The standard InChI is InChI=1S/C37H45FN4O4/c1-36(2,3)27-9-8-10-28(22-27)37(13-14-37)40-23-32(43)31-17-24-11-12-30(38)33(18-24)46-16-7-6-15-39-29-20-25(34(44)41-31)19-26(21-29)35(45)42(4)5/h6-12,18-22,31-32,39-40,43H,13-17,23H2,1-5H3,(H,41,44)/b7-6+/t31-,32+/m0/s1. The van der Waals surface area contributed by atoms with Gasteiger partial charge in [-0.3, -0.25) is 9.59 Å². The molecule has 5 rings (SSSR count). The van der Waals surface area contributed by atoms with Crippen LogP contribution in [0.15, 0.2) is 72.8 Å². The van der Waals surface area contributed by atoms with Crippen LogP contribution in [0.4, 0.5) is 10.1 Å². The second-order valence-electron chi connectivity index (χ2n) is 13.6. The third-order valence-electron chi connectivity index (χ3n) is 8.69. The Morgan fingerprint density at radius 1 is 1.11 bits per heavy atom. The third-order valence-corrected chi connectivity index (χ3v) is 8.69. The number of aliphatic hydroxyl groups is 1. The number of rotatable bonds is 6. The van der Waals surface area contributed by atoms with Crippen molar-refractivity contribution in [2.45, 2.75) is 63.1 Å². The smallest absolute Gasteiger partial charge is 0.253 e. The van der Waals surface area contributed by atoms with Crippen molar-refractivity contribution in [3.8, 4) is 5.75 Å². The lowest BCUT2D eigenvalue weighted by Gasteiger charge is -2.28. The molecule has 2 amide bonds. The van der Waals surface area contributed by atoms with Gasteiger partial charge in [0.25, 0.3) is 11.8 Å². The van der Waals surface area contributed by atoms with E-state index in [9.17, 15) is 19.1 Å². The number of hydrogen-bond donors (Lipinski definition) is 4. The summed E-state index contributed by atoms with van der Waals surface area (Å²) in [6.07, 6.45) is 4.75. The van der Waals surface area contributed by atoms with E-state index in [1.54, 1.807) is 50.5 Å². The zero-order chi connectivity index (χ0) is 33.1. The van der Waals surface area contributed by atoms with Gasteiger partial charge in [-0.1, -0.05) is 57.2 Å². The summed E-state index contributed by atoms with van der Waals surface area (Å²) in [5.74, 6) is -1.05. The van der Waals surface area contributed by atoms with E-state index in [0.29, 0.717) is 23.4 Å². The van der Waals surface area contributed by atoms with Gasteiger partial charge in [-0.2, -0.15) is 0 Å². The number of aliphatic hydroxyl groups excluding tert-OH is 1. The second kappa shape index (κ2) is 13.6. The van der Waals surface area contributed by atoms with E-state index in [1.165, 1.54) is 22.1 Å².